The molecule has 1 aliphatic rings. The van der Waals surface area contributed by atoms with E-state index in [4.69, 9.17) is 10.5 Å². The third-order valence-electron chi connectivity index (χ3n) is 3.70. The van der Waals surface area contributed by atoms with Crippen molar-refractivity contribution in [1.29, 1.82) is 0 Å². The number of benzene rings is 1. The molecule has 1 fully saturated rings. The molecule has 7 nitrogen and oxygen atoms in total. The quantitative estimate of drug-likeness (QED) is 0.714. The summed E-state index contributed by atoms with van der Waals surface area (Å²) in [4.78, 5) is 12.3. The fourth-order valence-corrected chi connectivity index (χ4v) is 4.01. The first-order valence-electron chi connectivity index (χ1n) is 7.63. The highest BCUT2D eigenvalue weighted by molar-refractivity contribution is 7.89. The summed E-state index contributed by atoms with van der Waals surface area (Å²) in [7, 11) is -3.62. The summed E-state index contributed by atoms with van der Waals surface area (Å²) in [6.45, 7) is 4.11. The molecule has 0 atom stereocenters. The zero-order chi connectivity index (χ0) is 16.9. The standard InChI is InChI=1S/C15H23N3O4S/c1-12-3-4-13(15(19)17-6-2-5-16)11-14(12)23(20,21)18-7-9-22-10-8-18/h3-4,11H,2,5-10,16H2,1H3,(H,17,19). The number of aryl methyl sites for hydroxylation is 1. The summed E-state index contributed by atoms with van der Waals surface area (Å²) >= 11 is 0. The highest BCUT2D eigenvalue weighted by atomic mass is 32.2. The molecule has 8 heteroatoms. The molecular formula is C15H23N3O4S. The van der Waals surface area contributed by atoms with Gasteiger partial charge in [-0.1, -0.05) is 6.07 Å². The molecule has 1 saturated heterocycles. The van der Waals surface area contributed by atoms with E-state index >= 15 is 0 Å². The molecular weight excluding hydrogens is 318 g/mol. The number of nitrogens with zero attached hydrogens (tertiary/aromatic N) is 1. The van der Waals surface area contributed by atoms with Gasteiger partial charge in [0, 0.05) is 25.2 Å². The number of hydrogen-bond donors (Lipinski definition) is 2. The van der Waals surface area contributed by atoms with Crippen LogP contribution in [0, 0.1) is 6.92 Å². The highest BCUT2D eigenvalue weighted by Crippen LogP contribution is 2.22. The Labute approximate surface area is 136 Å². The van der Waals surface area contributed by atoms with Gasteiger partial charge in [0.25, 0.3) is 5.91 Å². The number of nitrogens with one attached hydrogen (secondary N) is 1. The van der Waals surface area contributed by atoms with E-state index in [-0.39, 0.29) is 10.8 Å². The van der Waals surface area contributed by atoms with Crippen LogP contribution in [-0.2, 0) is 14.8 Å². The third-order valence-corrected chi connectivity index (χ3v) is 5.75. The number of morpholine rings is 1. The predicted molar refractivity (Wildman–Crippen MR) is 86.8 cm³/mol. The lowest BCUT2D eigenvalue weighted by Crippen LogP contribution is -2.41. The van der Waals surface area contributed by atoms with Crippen molar-refractivity contribution < 1.29 is 17.9 Å². The molecule has 1 amide bonds. The lowest BCUT2D eigenvalue weighted by molar-refractivity contribution is 0.0730. The molecule has 0 saturated carbocycles. The lowest BCUT2D eigenvalue weighted by Gasteiger charge is -2.26. The Morgan fingerprint density at radius 3 is 2.70 bits per heavy atom. The van der Waals surface area contributed by atoms with Gasteiger partial charge in [-0.05, 0) is 37.6 Å². The number of hydrogen-bond acceptors (Lipinski definition) is 5. The first-order chi connectivity index (χ1) is 11.0. The van der Waals surface area contributed by atoms with Crippen LogP contribution in [0.5, 0.6) is 0 Å². The summed E-state index contributed by atoms with van der Waals surface area (Å²) in [5.41, 5.74) is 6.34. The number of carbonyl (C=O) groups excluding carboxylic acids is 1. The Balaban J connectivity index is 2.24. The van der Waals surface area contributed by atoms with Gasteiger partial charge in [0.2, 0.25) is 10.0 Å². The van der Waals surface area contributed by atoms with Crippen LogP contribution < -0.4 is 11.1 Å². The number of carbonyl (C=O) groups is 1. The molecule has 0 aromatic heterocycles. The molecule has 0 spiro atoms. The Kier molecular flexibility index (Phi) is 6.11. The van der Waals surface area contributed by atoms with E-state index in [9.17, 15) is 13.2 Å². The fourth-order valence-electron chi connectivity index (χ4n) is 2.35. The number of nitrogens with two attached hydrogens (primary N) is 1. The second kappa shape index (κ2) is 7.87. The summed E-state index contributed by atoms with van der Waals surface area (Å²) in [5, 5.41) is 2.73. The molecule has 3 N–H and O–H groups in total. The van der Waals surface area contributed by atoms with Crippen LogP contribution in [0.2, 0.25) is 0 Å². The van der Waals surface area contributed by atoms with E-state index in [1.54, 1.807) is 19.1 Å². The van der Waals surface area contributed by atoms with Gasteiger partial charge in [0.05, 0.1) is 18.1 Å². The van der Waals surface area contributed by atoms with Gasteiger partial charge >= 0.3 is 0 Å². The largest absolute Gasteiger partial charge is 0.379 e. The monoisotopic (exact) mass is 341 g/mol. The fraction of sp³-hybridized carbons (Fsp3) is 0.533. The molecule has 1 aromatic carbocycles. The summed E-state index contributed by atoms with van der Waals surface area (Å²) in [5.74, 6) is -0.295. The minimum absolute atomic E-state index is 0.172. The molecule has 1 heterocycles. The first-order valence-corrected chi connectivity index (χ1v) is 9.07. The highest BCUT2D eigenvalue weighted by Gasteiger charge is 2.28. The van der Waals surface area contributed by atoms with Gasteiger partial charge in [0.15, 0.2) is 0 Å². The van der Waals surface area contributed by atoms with Crippen molar-refractivity contribution in [3.63, 3.8) is 0 Å². The van der Waals surface area contributed by atoms with E-state index in [0.29, 0.717) is 56.9 Å². The van der Waals surface area contributed by atoms with Crippen molar-refractivity contribution in [1.82, 2.24) is 9.62 Å². The van der Waals surface area contributed by atoms with Crippen LogP contribution in [0.25, 0.3) is 0 Å². The molecule has 0 aliphatic carbocycles. The second-order valence-electron chi connectivity index (χ2n) is 5.39. The SMILES string of the molecule is Cc1ccc(C(=O)NCCCN)cc1S(=O)(=O)N1CCOCC1. The van der Waals surface area contributed by atoms with Crippen molar-refractivity contribution >= 4 is 15.9 Å². The van der Waals surface area contributed by atoms with Crippen LogP contribution in [0.15, 0.2) is 23.1 Å². The minimum Gasteiger partial charge on any atom is -0.379 e. The zero-order valence-corrected chi connectivity index (χ0v) is 14.1. The molecule has 23 heavy (non-hydrogen) atoms. The van der Waals surface area contributed by atoms with Gasteiger partial charge in [-0.25, -0.2) is 8.42 Å². The Morgan fingerprint density at radius 1 is 1.35 bits per heavy atom. The predicted octanol–water partition coefficient (Wildman–Crippen LogP) is 0.0945. The molecule has 2 rings (SSSR count). The number of rotatable bonds is 6. The summed E-state index contributed by atoms with van der Waals surface area (Å²) in [6.07, 6.45) is 0.677. The molecule has 1 aliphatic heterocycles. The van der Waals surface area contributed by atoms with Gasteiger partial charge in [-0.3, -0.25) is 4.79 Å². The normalized spacial score (nSPS) is 16.3. The van der Waals surface area contributed by atoms with Crippen molar-refractivity contribution in [3.05, 3.63) is 29.3 Å². The van der Waals surface area contributed by atoms with Crippen LogP contribution in [0.4, 0.5) is 0 Å². The van der Waals surface area contributed by atoms with Crippen molar-refractivity contribution in [2.75, 3.05) is 39.4 Å². The van der Waals surface area contributed by atoms with Crippen molar-refractivity contribution in [3.8, 4) is 0 Å². The Hall–Kier alpha value is -1.48. The third kappa shape index (κ3) is 4.29. The number of amides is 1. The average Bonchev–Trinajstić information content (AvgIpc) is 2.56. The van der Waals surface area contributed by atoms with E-state index < -0.39 is 10.0 Å². The summed E-state index contributed by atoms with van der Waals surface area (Å²) in [6, 6.07) is 4.73. The van der Waals surface area contributed by atoms with Crippen molar-refractivity contribution in [2.45, 2.75) is 18.2 Å². The van der Waals surface area contributed by atoms with Gasteiger partial charge in [-0.15, -0.1) is 0 Å². The minimum atomic E-state index is -3.62. The maximum absolute atomic E-state index is 12.8. The molecule has 0 unspecified atom stereocenters. The number of sulfonamides is 1. The Bertz CT molecular complexity index is 655. The average molecular weight is 341 g/mol. The molecule has 1 aromatic rings. The molecule has 0 radical (unpaired) electrons. The van der Waals surface area contributed by atoms with E-state index in [1.807, 2.05) is 0 Å². The maximum atomic E-state index is 12.8. The van der Waals surface area contributed by atoms with Gasteiger partial charge in [-0.2, -0.15) is 4.31 Å². The maximum Gasteiger partial charge on any atom is 0.251 e. The smallest absolute Gasteiger partial charge is 0.251 e. The van der Waals surface area contributed by atoms with Gasteiger partial charge in [0.1, 0.15) is 0 Å². The van der Waals surface area contributed by atoms with Crippen LogP contribution in [0.1, 0.15) is 22.3 Å². The van der Waals surface area contributed by atoms with Crippen LogP contribution in [-0.4, -0.2) is 58.0 Å². The molecule has 128 valence electrons. The van der Waals surface area contributed by atoms with E-state index in [1.165, 1.54) is 10.4 Å². The molecule has 0 bridgehead atoms. The summed E-state index contributed by atoms with van der Waals surface area (Å²) < 4.78 is 32.1. The van der Waals surface area contributed by atoms with Crippen molar-refractivity contribution in [2.24, 2.45) is 5.73 Å². The Morgan fingerprint density at radius 2 is 2.04 bits per heavy atom. The second-order valence-corrected chi connectivity index (χ2v) is 7.30. The van der Waals surface area contributed by atoms with Crippen LogP contribution >= 0.6 is 0 Å². The van der Waals surface area contributed by atoms with E-state index in [0.717, 1.165) is 0 Å². The van der Waals surface area contributed by atoms with Gasteiger partial charge < -0.3 is 15.8 Å². The topological polar surface area (TPSA) is 102 Å². The lowest BCUT2D eigenvalue weighted by atomic mass is 10.1. The zero-order valence-electron chi connectivity index (χ0n) is 13.2. The van der Waals surface area contributed by atoms with E-state index in [2.05, 4.69) is 5.32 Å². The first kappa shape index (κ1) is 17.9. The van der Waals surface area contributed by atoms with Crippen LogP contribution in [0.3, 0.4) is 0 Å². The number of ether oxygens (including phenoxy) is 1.